The number of esters is 1. The van der Waals surface area contributed by atoms with Crippen molar-refractivity contribution in [2.45, 2.75) is 23.5 Å². The molecule has 1 saturated carbocycles. The third kappa shape index (κ3) is 4.95. The molecular formula is C18H19NO6S. The van der Waals surface area contributed by atoms with Crippen LogP contribution in [0.5, 0.6) is 0 Å². The Bertz CT molecular complexity index is 883. The van der Waals surface area contributed by atoms with Gasteiger partial charge in [0.25, 0.3) is 5.91 Å². The minimum atomic E-state index is -3.56. The van der Waals surface area contributed by atoms with Gasteiger partial charge in [0.1, 0.15) is 18.1 Å². The van der Waals surface area contributed by atoms with Gasteiger partial charge in [-0.3, -0.25) is 9.59 Å². The summed E-state index contributed by atoms with van der Waals surface area (Å²) in [5, 5.41) is 2.39. The number of carbonyl (C=O) groups is 2. The molecule has 3 rings (SSSR count). The molecule has 8 heteroatoms. The van der Waals surface area contributed by atoms with Gasteiger partial charge in [0.15, 0.2) is 15.6 Å². The summed E-state index contributed by atoms with van der Waals surface area (Å²) in [4.78, 5) is 23.7. The quantitative estimate of drug-likeness (QED) is 0.705. The zero-order valence-corrected chi connectivity index (χ0v) is 14.8. The lowest BCUT2D eigenvalue weighted by Crippen LogP contribution is -2.30. The number of hydrogen-bond acceptors (Lipinski definition) is 6. The van der Waals surface area contributed by atoms with Crippen LogP contribution in [-0.4, -0.2) is 33.4 Å². The lowest BCUT2D eigenvalue weighted by atomic mass is 10.4. The Morgan fingerprint density at radius 2 is 1.85 bits per heavy atom. The lowest BCUT2D eigenvalue weighted by molar-refractivity contribution is -0.142. The van der Waals surface area contributed by atoms with Crippen LogP contribution in [0.3, 0.4) is 0 Å². The molecule has 0 spiro atoms. The summed E-state index contributed by atoms with van der Waals surface area (Å²) in [6, 6.07) is 10.8. The van der Waals surface area contributed by atoms with Crippen LogP contribution < -0.4 is 5.32 Å². The van der Waals surface area contributed by atoms with Gasteiger partial charge in [0.2, 0.25) is 0 Å². The molecule has 26 heavy (non-hydrogen) atoms. The molecule has 0 unspecified atom stereocenters. The summed E-state index contributed by atoms with van der Waals surface area (Å²) < 4.78 is 34.9. The van der Waals surface area contributed by atoms with Gasteiger partial charge in [0.05, 0.1) is 11.5 Å². The van der Waals surface area contributed by atoms with E-state index in [9.17, 15) is 18.0 Å². The first-order valence-electron chi connectivity index (χ1n) is 8.24. The van der Waals surface area contributed by atoms with Gasteiger partial charge in [-0.25, -0.2) is 8.42 Å². The first-order valence-corrected chi connectivity index (χ1v) is 9.89. The third-order valence-corrected chi connectivity index (χ3v) is 5.55. The van der Waals surface area contributed by atoms with Gasteiger partial charge in [-0.05, 0) is 43.0 Å². The van der Waals surface area contributed by atoms with Crippen LogP contribution in [0.15, 0.2) is 51.8 Å². The Hall–Kier alpha value is -2.61. The van der Waals surface area contributed by atoms with Crippen molar-refractivity contribution < 1.29 is 27.2 Å². The molecular weight excluding hydrogens is 358 g/mol. The molecule has 1 aromatic heterocycles. The van der Waals surface area contributed by atoms with Crippen molar-refractivity contribution in [3.63, 3.8) is 0 Å². The zero-order valence-electron chi connectivity index (χ0n) is 14.0. The number of benzene rings is 1. The summed E-state index contributed by atoms with van der Waals surface area (Å²) in [6.07, 6.45) is 2.14. The summed E-state index contributed by atoms with van der Waals surface area (Å²) in [5.74, 6) is -0.920. The Morgan fingerprint density at radius 3 is 2.54 bits per heavy atom. The van der Waals surface area contributed by atoms with Gasteiger partial charge in [-0.15, -0.1) is 0 Å². The highest BCUT2D eigenvalue weighted by Gasteiger charge is 2.23. The van der Waals surface area contributed by atoms with Crippen molar-refractivity contribution in [2.75, 3.05) is 13.2 Å². The van der Waals surface area contributed by atoms with E-state index in [1.165, 1.54) is 24.3 Å². The van der Waals surface area contributed by atoms with Crippen molar-refractivity contribution in [3.05, 3.63) is 54.0 Å². The molecule has 1 fully saturated rings. The average molecular weight is 377 g/mol. The van der Waals surface area contributed by atoms with Gasteiger partial charge >= 0.3 is 5.97 Å². The molecule has 0 atom stereocenters. The maximum absolute atomic E-state index is 12.3. The fraction of sp³-hybridized carbons (Fsp3) is 0.333. The van der Waals surface area contributed by atoms with Crippen LogP contribution in [0.25, 0.3) is 0 Å². The van der Waals surface area contributed by atoms with E-state index in [1.54, 1.807) is 18.2 Å². The fourth-order valence-corrected chi connectivity index (χ4v) is 3.53. The summed E-state index contributed by atoms with van der Waals surface area (Å²) in [6.45, 7) is 0.126. The van der Waals surface area contributed by atoms with Crippen molar-refractivity contribution in [3.8, 4) is 0 Å². The number of furan rings is 1. The van der Waals surface area contributed by atoms with E-state index in [1.807, 2.05) is 0 Å². The van der Waals surface area contributed by atoms with E-state index in [0.717, 1.165) is 12.8 Å². The Labute approximate surface area is 151 Å². The van der Waals surface area contributed by atoms with Gasteiger partial charge in [-0.2, -0.15) is 0 Å². The fourth-order valence-electron chi connectivity index (χ4n) is 2.26. The molecule has 1 aliphatic rings. The summed E-state index contributed by atoms with van der Waals surface area (Å²) in [7, 11) is -3.56. The molecule has 1 heterocycles. The number of sulfone groups is 1. The van der Waals surface area contributed by atoms with Gasteiger partial charge in [-0.1, -0.05) is 18.2 Å². The summed E-state index contributed by atoms with van der Waals surface area (Å²) >= 11 is 0. The standard InChI is InChI=1S/C18H19NO6S/c20-17(24-11-13-6-7-13)10-19-18(21)16-9-8-14(25-16)12-26(22,23)15-4-2-1-3-5-15/h1-5,8-9,13H,6-7,10-12H2,(H,19,21). The van der Waals surface area contributed by atoms with Crippen molar-refractivity contribution in [1.29, 1.82) is 0 Å². The Kier molecular flexibility index (Phi) is 5.41. The molecule has 1 amide bonds. The average Bonchev–Trinajstić information content (AvgIpc) is 3.36. The molecule has 0 aliphatic heterocycles. The Balaban J connectivity index is 1.53. The highest BCUT2D eigenvalue weighted by atomic mass is 32.2. The van der Waals surface area contributed by atoms with Crippen molar-refractivity contribution >= 4 is 21.7 Å². The second-order valence-corrected chi connectivity index (χ2v) is 8.14. The third-order valence-electron chi connectivity index (χ3n) is 3.89. The maximum Gasteiger partial charge on any atom is 0.325 e. The molecule has 0 saturated heterocycles. The molecule has 138 valence electrons. The van der Waals surface area contributed by atoms with E-state index in [-0.39, 0.29) is 28.7 Å². The highest BCUT2D eigenvalue weighted by Crippen LogP contribution is 2.28. The SMILES string of the molecule is O=C(CNC(=O)c1ccc(CS(=O)(=O)c2ccccc2)o1)OCC1CC1. The second kappa shape index (κ2) is 7.74. The second-order valence-electron chi connectivity index (χ2n) is 6.15. The van der Waals surface area contributed by atoms with Crippen molar-refractivity contribution in [1.82, 2.24) is 5.32 Å². The molecule has 1 N–H and O–H groups in total. The highest BCUT2D eigenvalue weighted by molar-refractivity contribution is 7.90. The molecule has 0 bridgehead atoms. The zero-order chi connectivity index (χ0) is 18.6. The van der Waals surface area contributed by atoms with E-state index < -0.39 is 21.7 Å². The minimum absolute atomic E-state index is 0.0572. The molecule has 0 radical (unpaired) electrons. The molecule has 7 nitrogen and oxygen atoms in total. The molecule has 2 aromatic rings. The monoisotopic (exact) mass is 377 g/mol. The number of amides is 1. The maximum atomic E-state index is 12.3. The van der Waals surface area contributed by atoms with Crippen molar-refractivity contribution in [2.24, 2.45) is 5.92 Å². The van der Waals surface area contributed by atoms with Crippen LogP contribution in [-0.2, 0) is 25.1 Å². The molecule has 1 aliphatic carbocycles. The predicted octanol–water partition coefficient (Wildman–Crippen LogP) is 1.94. The number of hydrogen-bond donors (Lipinski definition) is 1. The smallest absolute Gasteiger partial charge is 0.325 e. The van der Waals surface area contributed by atoms with E-state index in [0.29, 0.717) is 12.5 Å². The van der Waals surface area contributed by atoms with Crippen LogP contribution in [0, 0.1) is 5.92 Å². The normalized spacial score (nSPS) is 14.0. The topological polar surface area (TPSA) is 103 Å². The number of carbonyl (C=O) groups excluding carboxylic acids is 2. The van der Waals surface area contributed by atoms with Crippen LogP contribution in [0.1, 0.15) is 29.2 Å². The summed E-state index contributed by atoms with van der Waals surface area (Å²) in [5.41, 5.74) is 0. The van der Waals surface area contributed by atoms with E-state index in [4.69, 9.17) is 9.15 Å². The van der Waals surface area contributed by atoms with E-state index in [2.05, 4.69) is 5.32 Å². The Morgan fingerprint density at radius 1 is 1.12 bits per heavy atom. The minimum Gasteiger partial charge on any atom is -0.464 e. The molecule has 1 aromatic carbocycles. The predicted molar refractivity (Wildman–Crippen MR) is 92.1 cm³/mol. The largest absolute Gasteiger partial charge is 0.464 e. The van der Waals surface area contributed by atoms with Crippen LogP contribution >= 0.6 is 0 Å². The van der Waals surface area contributed by atoms with Crippen LogP contribution in [0.2, 0.25) is 0 Å². The van der Waals surface area contributed by atoms with Gasteiger partial charge < -0.3 is 14.5 Å². The first-order chi connectivity index (χ1) is 12.4. The number of rotatable bonds is 8. The van der Waals surface area contributed by atoms with E-state index >= 15 is 0 Å². The lowest BCUT2D eigenvalue weighted by Gasteiger charge is -2.04. The first kappa shape index (κ1) is 18.2. The number of nitrogens with one attached hydrogen (secondary N) is 1. The van der Waals surface area contributed by atoms with Gasteiger partial charge in [0, 0.05) is 0 Å². The number of ether oxygens (including phenoxy) is 1. The van der Waals surface area contributed by atoms with Crippen LogP contribution in [0.4, 0.5) is 0 Å².